The Hall–Kier alpha value is -0.410. The van der Waals surface area contributed by atoms with Crippen molar-refractivity contribution >= 4 is 11.3 Å². The van der Waals surface area contributed by atoms with E-state index in [0.29, 0.717) is 6.04 Å². The van der Waals surface area contributed by atoms with Gasteiger partial charge < -0.3 is 5.32 Å². The van der Waals surface area contributed by atoms with Crippen molar-refractivity contribution in [2.24, 2.45) is 0 Å². The van der Waals surface area contributed by atoms with Gasteiger partial charge in [0.05, 0.1) is 10.7 Å². The van der Waals surface area contributed by atoms with Crippen LogP contribution in [-0.2, 0) is 6.54 Å². The summed E-state index contributed by atoms with van der Waals surface area (Å²) in [6, 6.07) is 0.552. The number of aryl methyl sites for hydroxylation is 1. The molecule has 1 heterocycles. The van der Waals surface area contributed by atoms with E-state index in [2.05, 4.69) is 26.1 Å². The highest BCUT2D eigenvalue weighted by atomic mass is 32.1. The van der Waals surface area contributed by atoms with Gasteiger partial charge in [0.25, 0.3) is 0 Å². The molecular formula is C13H22N2S. The van der Waals surface area contributed by atoms with Crippen LogP contribution in [0.1, 0.15) is 61.0 Å². The monoisotopic (exact) mass is 238 g/mol. The van der Waals surface area contributed by atoms with Gasteiger partial charge in [-0.1, -0.05) is 26.7 Å². The van der Waals surface area contributed by atoms with Gasteiger partial charge in [0, 0.05) is 23.4 Å². The highest BCUT2D eigenvalue weighted by Gasteiger charge is 2.21. The average Bonchev–Trinajstić information content (AvgIpc) is 2.83. The van der Waals surface area contributed by atoms with Gasteiger partial charge >= 0.3 is 0 Å². The lowest BCUT2D eigenvalue weighted by atomic mass is 10.1. The zero-order valence-corrected chi connectivity index (χ0v) is 11.4. The third-order valence-corrected chi connectivity index (χ3v) is 4.60. The Balaban J connectivity index is 2.02. The Morgan fingerprint density at radius 3 is 2.69 bits per heavy atom. The van der Waals surface area contributed by atoms with Crippen LogP contribution in [-0.4, -0.2) is 11.0 Å². The molecule has 1 aliphatic rings. The topological polar surface area (TPSA) is 24.9 Å². The third kappa shape index (κ3) is 2.83. The van der Waals surface area contributed by atoms with Crippen LogP contribution in [0.4, 0.5) is 0 Å². The molecule has 1 aromatic heterocycles. The van der Waals surface area contributed by atoms with E-state index >= 15 is 0 Å². The maximum Gasteiger partial charge on any atom is 0.0962 e. The molecule has 0 aliphatic heterocycles. The number of rotatable bonds is 4. The quantitative estimate of drug-likeness (QED) is 0.867. The molecule has 0 radical (unpaired) electrons. The third-order valence-electron chi connectivity index (χ3n) is 3.28. The SMILES string of the molecule is Cc1nc(C2CCCC2)sc1CNC(C)C. The van der Waals surface area contributed by atoms with E-state index in [1.807, 2.05) is 11.3 Å². The summed E-state index contributed by atoms with van der Waals surface area (Å²) in [5.74, 6) is 0.761. The largest absolute Gasteiger partial charge is 0.310 e. The molecule has 0 bridgehead atoms. The molecule has 2 nitrogen and oxygen atoms in total. The zero-order chi connectivity index (χ0) is 11.5. The molecule has 0 amide bonds. The highest BCUT2D eigenvalue weighted by Crippen LogP contribution is 2.37. The van der Waals surface area contributed by atoms with Gasteiger partial charge in [-0.15, -0.1) is 11.3 Å². The van der Waals surface area contributed by atoms with Gasteiger partial charge in [-0.25, -0.2) is 4.98 Å². The number of hydrogen-bond donors (Lipinski definition) is 1. The molecule has 1 aromatic rings. The Morgan fingerprint density at radius 1 is 1.38 bits per heavy atom. The van der Waals surface area contributed by atoms with Crippen molar-refractivity contribution in [1.29, 1.82) is 0 Å². The summed E-state index contributed by atoms with van der Waals surface area (Å²) in [5, 5.41) is 4.86. The van der Waals surface area contributed by atoms with Crippen molar-refractivity contribution in [3.8, 4) is 0 Å². The second kappa shape index (κ2) is 5.28. The molecule has 1 N–H and O–H groups in total. The Kier molecular flexibility index (Phi) is 3.98. The minimum atomic E-state index is 0.552. The summed E-state index contributed by atoms with van der Waals surface area (Å²) < 4.78 is 0. The standard InChI is InChI=1S/C13H22N2S/c1-9(2)14-8-12-10(3)15-13(16-12)11-6-4-5-7-11/h9,11,14H,4-8H2,1-3H3. The Labute approximate surface area is 102 Å². The molecule has 0 atom stereocenters. The fraction of sp³-hybridized carbons (Fsp3) is 0.769. The lowest BCUT2D eigenvalue weighted by molar-refractivity contribution is 0.591. The molecule has 0 saturated heterocycles. The van der Waals surface area contributed by atoms with Gasteiger partial charge in [0.1, 0.15) is 0 Å². The second-order valence-corrected chi connectivity index (χ2v) is 6.19. The molecule has 3 heteroatoms. The van der Waals surface area contributed by atoms with E-state index in [1.54, 1.807) is 0 Å². The van der Waals surface area contributed by atoms with Gasteiger partial charge in [-0.05, 0) is 19.8 Å². The Morgan fingerprint density at radius 2 is 2.06 bits per heavy atom. The fourth-order valence-corrected chi connectivity index (χ4v) is 3.44. The normalized spacial score (nSPS) is 17.5. The van der Waals surface area contributed by atoms with Crippen molar-refractivity contribution in [1.82, 2.24) is 10.3 Å². The van der Waals surface area contributed by atoms with Crippen LogP contribution >= 0.6 is 11.3 Å². The minimum Gasteiger partial charge on any atom is -0.310 e. The van der Waals surface area contributed by atoms with E-state index in [-0.39, 0.29) is 0 Å². The van der Waals surface area contributed by atoms with Gasteiger partial charge in [0.15, 0.2) is 0 Å². The van der Waals surface area contributed by atoms with Crippen molar-refractivity contribution in [2.75, 3.05) is 0 Å². The van der Waals surface area contributed by atoms with Crippen LogP contribution in [0.3, 0.4) is 0 Å². The molecule has 0 aromatic carbocycles. The molecule has 0 spiro atoms. The fourth-order valence-electron chi connectivity index (χ4n) is 2.26. The molecule has 16 heavy (non-hydrogen) atoms. The number of nitrogens with one attached hydrogen (secondary N) is 1. The van der Waals surface area contributed by atoms with Gasteiger partial charge in [0.2, 0.25) is 0 Å². The van der Waals surface area contributed by atoms with Crippen LogP contribution in [0.2, 0.25) is 0 Å². The summed E-state index contributed by atoms with van der Waals surface area (Å²) in [5.41, 5.74) is 1.24. The molecule has 1 saturated carbocycles. The van der Waals surface area contributed by atoms with Crippen molar-refractivity contribution in [2.45, 2.75) is 65.0 Å². The summed E-state index contributed by atoms with van der Waals surface area (Å²) >= 11 is 1.93. The maximum atomic E-state index is 4.75. The number of aromatic nitrogens is 1. The van der Waals surface area contributed by atoms with E-state index < -0.39 is 0 Å². The first kappa shape index (κ1) is 12.1. The molecular weight excluding hydrogens is 216 g/mol. The molecule has 2 rings (SSSR count). The summed E-state index contributed by atoms with van der Waals surface area (Å²) in [6.45, 7) is 7.50. The number of nitrogens with zero attached hydrogens (tertiary/aromatic N) is 1. The van der Waals surface area contributed by atoms with Crippen LogP contribution < -0.4 is 5.32 Å². The average molecular weight is 238 g/mol. The van der Waals surface area contributed by atoms with Gasteiger partial charge in [-0.3, -0.25) is 0 Å². The number of hydrogen-bond acceptors (Lipinski definition) is 3. The molecule has 1 fully saturated rings. The lowest BCUT2D eigenvalue weighted by Gasteiger charge is -2.06. The predicted octanol–water partition coefficient (Wildman–Crippen LogP) is 3.61. The van der Waals surface area contributed by atoms with E-state index in [0.717, 1.165) is 12.5 Å². The smallest absolute Gasteiger partial charge is 0.0962 e. The highest BCUT2D eigenvalue weighted by molar-refractivity contribution is 7.11. The van der Waals surface area contributed by atoms with Crippen LogP contribution in [0.25, 0.3) is 0 Å². The first-order chi connectivity index (χ1) is 7.66. The van der Waals surface area contributed by atoms with Crippen molar-refractivity contribution in [3.05, 3.63) is 15.6 Å². The van der Waals surface area contributed by atoms with Crippen LogP contribution in [0, 0.1) is 6.92 Å². The second-order valence-electron chi connectivity index (χ2n) is 5.08. The van der Waals surface area contributed by atoms with Crippen LogP contribution in [0.15, 0.2) is 0 Å². The first-order valence-electron chi connectivity index (χ1n) is 6.36. The Bertz CT molecular complexity index is 338. The lowest BCUT2D eigenvalue weighted by Crippen LogP contribution is -2.21. The van der Waals surface area contributed by atoms with Crippen molar-refractivity contribution < 1.29 is 0 Å². The molecule has 0 unspecified atom stereocenters. The van der Waals surface area contributed by atoms with E-state index in [9.17, 15) is 0 Å². The molecule has 90 valence electrons. The minimum absolute atomic E-state index is 0.552. The first-order valence-corrected chi connectivity index (χ1v) is 7.18. The zero-order valence-electron chi connectivity index (χ0n) is 10.5. The van der Waals surface area contributed by atoms with Crippen LogP contribution in [0.5, 0.6) is 0 Å². The molecule has 1 aliphatic carbocycles. The summed E-state index contributed by atoms with van der Waals surface area (Å²) in [4.78, 5) is 6.18. The van der Waals surface area contributed by atoms with Crippen molar-refractivity contribution in [3.63, 3.8) is 0 Å². The summed E-state index contributed by atoms with van der Waals surface area (Å²) in [6.07, 6.45) is 5.49. The number of thiazole rings is 1. The van der Waals surface area contributed by atoms with E-state index in [1.165, 1.54) is 41.3 Å². The predicted molar refractivity (Wildman–Crippen MR) is 70.0 cm³/mol. The maximum absolute atomic E-state index is 4.75. The van der Waals surface area contributed by atoms with Gasteiger partial charge in [-0.2, -0.15) is 0 Å². The van der Waals surface area contributed by atoms with E-state index in [4.69, 9.17) is 4.98 Å². The summed E-state index contributed by atoms with van der Waals surface area (Å²) in [7, 11) is 0.